The number of imide groups is 1. The van der Waals surface area contributed by atoms with E-state index in [1.165, 1.54) is 43.2 Å². The topological polar surface area (TPSA) is 153 Å². The lowest BCUT2D eigenvalue weighted by molar-refractivity contribution is -0.696. The summed E-state index contributed by atoms with van der Waals surface area (Å²) < 4.78 is 8.61. The normalized spacial score (nSPS) is 12.5. The first-order chi connectivity index (χ1) is 25.3. The number of benzene rings is 1. The van der Waals surface area contributed by atoms with E-state index in [0.29, 0.717) is 37.9 Å². The zero-order valence-corrected chi connectivity index (χ0v) is 33.1. The molecule has 0 aliphatic carbocycles. The number of rotatable bonds is 21. The summed E-state index contributed by atoms with van der Waals surface area (Å²) in [5, 5.41) is 19.7. The first-order valence-electron chi connectivity index (χ1n) is 19.5. The van der Waals surface area contributed by atoms with Crippen molar-refractivity contribution in [3.63, 3.8) is 0 Å². The van der Waals surface area contributed by atoms with Crippen LogP contribution in [-0.4, -0.2) is 46.3 Å². The molecule has 3 aromatic rings. The summed E-state index contributed by atoms with van der Waals surface area (Å²) in [4.78, 5) is 36.5. The van der Waals surface area contributed by atoms with Crippen LogP contribution >= 0.6 is 0 Å². The number of nitrogens with zero attached hydrogens (tertiary/aromatic N) is 4. The second-order valence-corrected chi connectivity index (χ2v) is 15.3. The van der Waals surface area contributed by atoms with Gasteiger partial charge in [0, 0.05) is 25.9 Å². The fourth-order valence-corrected chi connectivity index (χ4v) is 6.67. The van der Waals surface area contributed by atoms with E-state index in [9.17, 15) is 14.4 Å². The molecule has 2 heterocycles. The molecule has 1 unspecified atom stereocenters. The molecular formula is C40H66N10O3+2. The first-order valence-corrected chi connectivity index (χ1v) is 19.5. The van der Waals surface area contributed by atoms with Crippen molar-refractivity contribution in [2.45, 2.75) is 137 Å². The molecule has 292 valence electrons. The maximum absolute atomic E-state index is 12.2. The Labute approximate surface area is 316 Å². The van der Waals surface area contributed by atoms with Crippen molar-refractivity contribution in [3.8, 4) is 0 Å². The van der Waals surface area contributed by atoms with Crippen LogP contribution in [-0.2, 0) is 31.6 Å². The second kappa shape index (κ2) is 21.8. The summed E-state index contributed by atoms with van der Waals surface area (Å²) in [5.74, 6) is -0.539. The highest BCUT2D eigenvalue weighted by molar-refractivity contribution is 6.05. The maximum Gasteiger partial charge on any atom is 0.329 e. The predicted octanol–water partition coefficient (Wildman–Crippen LogP) is 6.10. The molecule has 13 nitrogen and oxygen atoms in total. The number of carbonyl (C=O) groups is 3. The minimum atomic E-state index is -0.912. The highest BCUT2D eigenvalue weighted by Crippen LogP contribution is 2.29. The monoisotopic (exact) mass is 735 g/mol. The summed E-state index contributed by atoms with van der Waals surface area (Å²) in [6.45, 7) is 16.6. The summed E-state index contributed by atoms with van der Waals surface area (Å²) in [6, 6.07) is 6.70. The van der Waals surface area contributed by atoms with E-state index in [0.717, 1.165) is 38.8 Å². The Morgan fingerprint density at radius 1 is 0.698 bits per heavy atom. The molecule has 1 aromatic carbocycles. The van der Waals surface area contributed by atoms with Gasteiger partial charge in [-0.05, 0) is 55.6 Å². The second-order valence-electron chi connectivity index (χ2n) is 15.3. The van der Waals surface area contributed by atoms with Crippen LogP contribution in [0.4, 0.5) is 14.4 Å². The van der Waals surface area contributed by atoms with Crippen LogP contribution in [0.15, 0.2) is 61.7 Å². The van der Waals surface area contributed by atoms with E-state index >= 15 is 0 Å². The fraction of sp³-hybridized carbons (Fsp3) is 0.600. The molecule has 2 aromatic heterocycles. The highest BCUT2D eigenvalue weighted by Gasteiger charge is 2.30. The quantitative estimate of drug-likeness (QED) is 0.0340. The van der Waals surface area contributed by atoms with Gasteiger partial charge in [0.15, 0.2) is 0 Å². The van der Waals surface area contributed by atoms with Crippen LogP contribution in [0.3, 0.4) is 0 Å². The van der Waals surface area contributed by atoms with E-state index in [2.05, 4.69) is 129 Å². The number of hydrogen-bond acceptors (Lipinski definition) is 4. The Bertz CT molecular complexity index is 1580. The molecule has 1 atom stereocenters. The van der Waals surface area contributed by atoms with Gasteiger partial charge in [-0.2, -0.15) is 0 Å². The van der Waals surface area contributed by atoms with Gasteiger partial charge in [0.25, 0.3) is 0 Å². The van der Waals surface area contributed by atoms with Gasteiger partial charge in [-0.1, -0.05) is 84.6 Å². The highest BCUT2D eigenvalue weighted by atomic mass is 16.2. The van der Waals surface area contributed by atoms with Crippen LogP contribution in [0.5, 0.6) is 0 Å². The van der Waals surface area contributed by atoms with Crippen LogP contribution in [0, 0.1) is 10.8 Å². The van der Waals surface area contributed by atoms with Crippen molar-refractivity contribution in [2.24, 2.45) is 5.41 Å². The molecule has 0 saturated carbocycles. The molecule has 0 fully saturated rings. The molecule has 6 N–H and O–H groups in total. The van der Waals surface area contributed by atoms with Gasteiger partial charge in [-0.25, -0.2) is 32.7 Å². The van der Waals surface area contributed by atoms with Crippen LogP contribution < -0.4 is 35.7 Å². The van der Waals surface area contributed by atoms with Gasteiger partial charge >= 0.3 is 18.1 Å². The zero-order valence-electron chi connectivity index (χ0n) is 33.1. The van der Waals surface area contributed by atoms with E-state index < -0.39 is 24.1 Å². The number of aryl methyl sites for hydroxylation is 2. The first kappa shape index (κ1) is 42.7. The third-order valence-corrected chi connectivity index (χ3v) is 9.66. The van der Waals surface area contributed by atoms with Crippen LogP contribution in [0.2, 0.25) is 0 Å². The Balaban J connectivity index is 1.26. The number of imidazole rings is 2. The van der Waals surface area contributed by atoms with Crippen molar-refractivity contribution >= 4 is 24.1 Å². The van der Waals surface area contributed by atoms with Gasteiger partial charge in [-0.3, -0.25) is 21.4 Å². The van der Waals surface area contributed by atoms with Gasteiger partial charge in [0.05, 0.1) is 13.1 Å². The number of hydrogen-bond donors (Lipinski definition) is 6. The number of carbonyl (C=O) groups excluding carboxylic acids is 3. The molecule has 0 bridgehead atoms. The lowest BCUT2D eigenvalue weighted by Crippen LogP contribution is -2.52. The molecule has 3 rings (SSSR count). The molecule has 0 aliphatic rings. The molecule has 0 saturated heterocycles. The Morgan fingerprint density at radius 2 is 1.32 bits per heavy atom. The minimum absolute atomic E-state index is 0.0950. The van der Waals surface area contributed by atoms with E-state index in [4.69, 9.17) is 5.41 Å². The smallest absolute Gasteiger partial charge is 0.329 e. The van der Waals surface area contributed by atoms with Gasteiger partial charge in [0.2, 0.25) is 18.6 Å². The lowest BCUT2D eigenvalue weighted by atomic mass is 9.81. The maximum atomic E-state index is 12.2. The van der Waals surface area contributed by atoms with E-state index in [1.54, 1.807) is 0 Å². The number of urea groups is 3. The van der Waals surface area contributed by atoms with Crippen molar-refractivity contribution in [1.82, 2.24) is 35.7 Å². The molecule has 13 heteroatoms. The SMILES string of the molecule is CCCCC(C)(C)Cc1ccc(C[n+]2ccn(CCCNC(=O)NC(=N)NC(=O)NC(=O)NCCC[n+]3ccn(C(C)(CCC)CCCC)c3)c2)cc1. The standard InChI is InChI=1S/C40H64N10O3/c1-7-10-19-39(4,5)29-33-14-16-34(17-15-33)30-49-26-25-47(31-49)23-12-21-42-36(51)44-35(41)45-38(53)46-37(52)43-22-13-24-48-27-28-50(32-48)40(6,18-9-3)20-11-8-2/h14-17,25-28,31-32H,7-13,18-24,29-30H2,1-6H3,(H4-2,41,42,43,44,45,46,51,52,53)/p+2. The summed E-state index contributed by atoms with van der Waals surface area (Å²) in [5.41, 5.74) is 3.03. The van der Waals surface area contributed by atoms with Gasteiger partial charge in [0.1, 0.15) is 36.9 Å². The van der Waals surface area contributed by atoms with Crippen LogP contribution in [0.1, 0.15) is 117 Å². The van der Waals surface area contributed by atoms with E-state index in [1.807, 2.05) is 18.7 Å². The van der Waals surface area contributed by atoms with Gasteiger partial charge < -0.3 is 10.6 Å². The largest absolute Gasteiger partial charge is 0.338 e. The number of nitrogens with one attached hydrogen (secondary N) is 6. The molecular weight excluding hydrogens is 669 g/mol. The zero-order chi connectivity index (χ0) is 38.7. The molecule has 0 spiro atoms. The fourth-order valence-electron chi connectivity index (χ4n) is 6.67. The Hall–Kier alpha value is -4.68. The summed E-state index contributed by atoms with van der Waals surface area (Å²) >= 11 is 0. The Kier molecular flexibility index (Phi) is 17.5. The summed E-state index contributed by atoms with van der Waals surface area (Å²) in [7, 11) is 0. The molecule has 0 aliphatic heterocycles. The molecule has 53 heavy (non-hydrogen) atoms. The number of aromatic nitrogens is 4. The number of guanidine groups is 1. The van der Waals surface area contributed by atoms with Crippen molar-refractivity contribution < 1.29 is 23.5 Å². The average Bonchev–Trinajstić information content (AvgIpc) is 3.78. The lowest BCUT2D eigenvalue weighted by Gasteiger charge is -2.25. The van der Waals surface area contributed by atoms with Crippen molar-refractivity contribution in [1.29, 1.82) is 5.41 Å². The van der Waals surface area contributed by atoms with E-state index in [-0.39, 0.29) is 5.54 Å². The van der Waals surface area contributed by atoms with Crippen molar-refractivity contribution in [3.05, 3.63) is 72.8 Å². The minimum Gasteiger partial charge on any atom is -0.338 e. The predicted molar refractivity (Wildman–Crippen MR) is 208 cm³/mol. The van der Waals surface area contributed by atoms with Crippen LogP contribution in [0.25, 0.3) is 0 Å². The van der Waals surface area contributed by atoms with Crippen molar-refractivity contribution in [2.75, 3.05) is 13.1 Å². The summed E-state index contributed by atoms with van der Waals surface area (Å²) in [6.07, 6.45) is 24.3. The number of amides is 6. The van der Waals surface area contributed by atoms with Gasteiger partial charge in [-0.15, -0.1) is 0 Å². The Morgan fingerprint density at radius 3 is 2.02 bits per heavy atom. The number of unbranched alkanes of at least 4 members (excludes halogenated alkanes) is 2. The molecule has 0 radical (unpaired) electrons. The third kappa shape index (κ3) is 15.8. The molecule has 6 amide bonds. The average molecular weight is 735 g/mol. The third-order valence-electron chi connectivity index (χ3n) is 9.66.